The molecule has 0 aromatic heterocycles. The first kappa shape index (κ1) is 8.87. The molecule has 0 aliphatic heterocycles. The van der Waals surface area contributed by atoms with Gasteiger partial charge in [0.05, 0.1) is 0 Å². The van der Waals surface area contributed by atoms with Gasteiger partial charge in [0.25, 0.3) is 0 Å². The highest BCUT2D eigenvalue weighted by atomic mass is 32.1. The highest BCUT2D eigenvalue weighted by Crippen LogP contribution is 1.98. The quantitative estimate of drug-likeness (QED) is 0.425. The molecule has 0 atom stereocenters. The number of nitrogens with zero attached hydrogens (tertiary/aromatic N) is 1. The average molecular weight is 178 g/mol. The summed E-state index contributed by atoms with van der Waals surface area (Å²) in [7, 11) is 0. The maximum absolute atomic E-state index is 5.06. The van der Waals surface area contributed by atoms with Crippen LogP contribution in [0.4, 0.5) is 0 Å². The van der Waals surface area contributed by atoms with E-state index in [9.17, 15) is 0 Å². The van der Waals surface area contributed by atoms with Crippen LogP contribution < -0.4 is 5.43 Å². The second kappa shape index (κ2) is 4.62. The van der Waals surface area contributed by atoms with Gasteiger partial charge in [-0.1, -0.05) is 42.5 Å². The lowest BCUT2D eigenvalue weighted by atomic mass is 10.2. The molecule has 0 saturated heterocycles. The summed E-state index contributed by atoms with van der Waals surface area (Å²) >= 11 is 5.06. The summed E-state index contributed by atoms with van der Waals surface area (Å²) in [5.41, 5.74) is 3.73. The third kappa shape index (κ3) is 2.43. The number of nitrogens with one attached hydrogen (secondary N) is 1. The van der Waals surface area contributed by atoms with Gasteiger partial charge in [0, 0.05) is 11.8 Å². The molecular formula is C9H10N2S. The van der Waals surface area contributed by atoms with E-state index in [2.05, 4.69) is 10.5 Å². The van der Waals surface area contributed by atoms with Gasteiger partial charge < -0.3 is 0 Å². The Morgan fingerprint density at radius 2 is 2.08 bits per heavy atom. The van der Waals surface area contributed by atoms with Crippen LogP contribution in [0.2, 0.25) is 0 Å². The molecule has 1 rings (SSSR count). The smallest absolute Gasteiger partial charge is 0.126 e. The van der Waals surface area contributed by atoms with E-state index in [4.69, 9.17) is 12.2 Å². The fourth-order valence-corrected chi connectivity index (χ4v) is 0.966. The molecule has 12 heavy (non-hydrogen) atoms. The van der Waals surface area contributed by atoms with Gasteiger partial charge in [-0.15, -0.1) is 0 Å². The zero-order chi connectivity index (χ0) is 8.81. The molecule has 0 aliphatic rings. The minimum absolute atomic E-state index is 0.647. The molecule has 1 aromatic carbocycles. The van der Waals surface area contributed by atoms with E-state index >= 15 is 0 Å². The number of hydrogen-bond acceptors (Lipinski definition) is 2. The van der Waals surface area contributed by atoms with Crippen molar-refractivity contribution in [3.05, 3.63) is 35.9 Å². The highest BCUT2D eigenvalue weighted by molar-refractivity contribution is 7.80. The minimum Gasteiger partial charge on any atom is -0.268 e. The lowest BCUT2D eigenvalue weighted by Gasteiger charge is -2.00. The van der Waals surface area contributed by atoms with Gasteiger partial charge in [-0.2, -0.15) is 5.10 Å². The SMILES string of the molecule is C/C=N\NC(=S)c1ccccc1. The Hall–Kier alpha value is -1.22. The molecule has 0 bridgehead atoms. The first-order valence-corrected chi connectivity index (χ1v) is 4.08. The normalized spacial score (nSPS) is 10.1. The molecular weight excluding hydrogens is 168 g/mol. The Bertz CT molecular complexity index is 280. The largest absolute Gasteiger partial charge is 0.268 e. The van der Waals surface area contributed by atoms with Crippen molar-refractivity contribution in [2.45, 2.75) is 6.92 Å². The van der Waals surface area contributed by atoms with E-state index in [0.29, 0.717) is 4.99 Å². The molecule has 62 valence electrons. The number of hydrazone groups is 1. The monoisotopic (exact) mass is 178 g/mol. The lowest BCUT2D eigenvalue weighted by molar-refractivity contribution is 1.05. The Balaban J connectivity index is 2.66. The zero-order valence-corrected chi connectivity index (χ0v) is 7.64. The second-order valence-electron chi connectivity index (χ2n) is 2.19. The fraction of sp³-hybridized carbons (Fsp3) is 0.111. The predicted molar refractivity (Wildman–Crippen MR) is 55.4 cm³/mol. The van der Waals surface area contributed by atoms with E-state index in [1.807, 2.05) is 37.3 Å². The van der Waals surface area contributed by atoms with Crippen LogP contribution in [0.1, 0.15) is 12.5 Å². The van der Waals surface area contributed by atoms with E-state index < -0.39 is 0 Å². The maximum atomic E-state index is 5.06. The van der Waals surface area contributed by atoms with Crippen molar-refractivity contribution in [1.82, 2.24) is 5.43 Å². The first-order chi connectivity index (χ1) is 5.84. The zero-order valence-electron chi connectivity index (χ0n) is 6.82. The van der Waals surface area contributed by atoms with Gasteiger partial charge in [0.1, 0.15) is 4.99 Å². The van der Waals surface area contributed by atoms with Crippen LogP contribution in [0.25, 0.3) is 0 Å². The molecule has 1 N–H and O–H groups in total. The van der Waals surface area contributed by atoms with Gasteiger partial charge >= 0.3 is 0 Å². The molecule has 0 amide bonds. The Labute approximate surface area is 77.3 Å². The molecule has 1 aromatic rings. The van der Waals surface area contributed by atoms with Crippen LogP contribution >= 0.6 is 12.2 Å². The lowest BCUT2D eigenvalue weighted by Crippen LogP contribution is -2.15. The van der Waals surface area contributed by atoms with Gasteiger partial charge in [0.15, 0.2) is 0 Å². The number of rotatable bonds is 2. The fourth-order valence-electron chi connectivity index (χ4n) is 0.777. The third-order valence-corrected chi connectivity index (χ3v) is 1.66. The minimum atomic E-state index is 0.647. The summed E-state index contributed by atoms with van der Waals surface area (Å²) in [6.07, 6.45) is 1.66. The topological polar surface area (TPSA) is 24.4 Å². The molecule has 0 aliphatic carbocycles. The van der Waals surface area contributed by atoms with Crippen molar-refractivity contribution in [1.29, 1.82) is 0 Å². The van der Waals surface area contributed by atoms with Crippen LogP contribution in [0, 0.1) is 0 Å². The molecule has 3 heteroatoms. The summed E-state index contributed by atoms with van der Waals surface area (Å²) in [5.74, 6) is 0. The van der Waals surface area contributed by atoms with Crippen LogP contribution in [0.15, 0.2) is 35.4 Å². The summed E-state index contributed by atoms with van der Waals surface area (Å²) in [5, 5.41) is 3.83. The predicted octanol–water partition coefficient (Wildman–Crippen LogP) is 1.96. The first-order valence-electron chi connectivity index (χ1n) is 3.67. The average Bonchev–Trinajstić information content (AvgIpc) is 2.15. The van der Waals surface area contributed by atoms with Crippen molar-refractivity contribution >= 4 is 23.4 Å². The van der Waals surface area contributed by atoms with Gasteiger partial charge in [-0.3, -0.25) is 5.43 Å². The van der Waals surface area contributed by atoms with Crippen molar-refractivity contribution in [3.63, 3.8) is 0 Å². The van der Waals surface area contributed by atoms with E-state index in [1.165, 1.54) is 0 Å². The number of hydrogen-bond donors (Lipinski definition) is 1. The van der Waals surface area contributed by atoms with Gasteiger partial charge in [-0.25, -0.2) is 0 Å². The maximum Gasteiger partial charge on any atom is 0.126 e. The van der Waals surface area contributed by atoms with Crippen molar-refractivity contribution in [2.24, 2.45) is 5.10 Å². The Morgan fingerprint density at radius 1 is 1.42 bits per heavy atom. The molecule has 0 saturated carbocycles. The van der Waals surface area contributed by atoms with Gasteiger partial charge in [-0.05, 0) is 6.92 Å². The van der Waals surface area contributed by atoms with Gasteiger partial charge in [0.2, 0.25) is 0 Å². The standard InChI is InChI=1S/C9H10N2S/c1-2-10-11-9(12)8-6-4-3-5-7-8/h2-7H,1H3,(H,11,12)/b10-2-. The number of thiocarbonyl (C=S) groups is 1. The van der Waals surface area contributed by atoms with E-state index in [-0.39, 0.29) is 0 Å². The summed E-state index contributed by atoms with van der Waals surface area (Å²) in [6.45, 7) is 1.83. The van der Waals surface area contributed by atoms with Crippen molar-refractivity contribution < 1.29 is 0 Å². The summed E-state index contributed by atoms with van der Waals surface area (Å²) in [6, 6.07) is 9.73. The summed E-state index contributed by atoms with van der Waals surface area (Å²) in [4.78, 5) is 0.647. The third-order valence-electron chi connectivity index (χ3n) is 1.33. The van der Waals surface area contributed by atoms with Crippen LogP contribution in [-0.4, -0.2) is 11.2 Å². The van der Waals surface area contributed by atoms with E-state index in [0.717, 1.165) is 5.56 Å². The molecule has 0 spiro atoms. The molecule has 2 nitrogen and oxygen atoms in total. The Kier molecular flexibility index (Phi) is 3.41. The highest BCUT2D eigenvalue weighted by Gasteiger charge is 1.95. The van der Waals surface area contributed by atoms with Crippen LogP contribution in [-0.2, 0) is 0 Å². The van der Waals surface area contributed by atoms with E-state index in [1.54, 1.807) is 6.21 Å². The molecule has 0 fully saturated rings. The molecule has 0 heterocycles. The number of benzene rings is 1. The second-order valence-corrected chi connectivity index (χ2v) is 2.60. The van der Waals surface area contributed by atoms with Crippen molar-refractivity contribution in [2.75, 3.05) is 0 Å². The summed E-state index contributed by atoms with van der Waals surface area (Å²) < 4.78 is 0. The molecule has 0 radical (unpaired) electrons. The Morgan fingerprint density at radius 3 is 2.67 bits per heavy atom. The molecule has 0 unspecified atom stereocenters. The van der Waals surface area contributed by atoms with Crippen LogP contribution in [0.3, 0.4) is 0 Å². The van der Waals surface area contributed by atoms with Crippen LogP contribution in [0.5, 0.6) is 0 Å². The van der Waals surface area contributed by atoms with Crippen molar-refractivity contribution in [3.8, 4) is 0 Å².